The highest BCUT2D eigenvalue weighted by Gasteiger charge is 2.02. The van der Waals surface area contributed by atoms with Crippen molar-refractivity contribution in [1.29, 1.82) is 0 Å². The molecule has 2 aromatic rings. The lowest BCUT2D eigenvalue weighted by Crippen LogP contribution is -1.75. The first-order chi connectivity index (χ1) is 6.25. The fraction of sp³-hybridized carbons (Fsp3) is 0. The molecule has 1 nitrogen and oxygen atoms in total. The molecule has 3 heteroatoms. The van der Waals surface area contributed by atoms with Crippen LogP contribution in [0, 0.1) is 5.82 Å². The van der Waals surface area contributed by atoms with Gasteiger partial charge < -0.3 is 4.42 Å². The lowest BCUT2D eigenvalue weighted by atomic mass is 10.1. The summed E-state index contributed by atoms with van der Waals surface area (Å²) in [7, 11) is 0. The standard InChI is InChI=1S/C10H6BrFO/c11-10-5-8(6-13-10)7-2-1-3-9(12)4-7/h1-6H. The minimum atomic E-state index is -0.241. The van der Waals surface area contributed by atoms with Gasteiger partial charge in [-0.05, 0) is 39.7 Å². The summed E-state index contributed by atoms with van der Waals surface area (Å²) in [6, 6.07) is 8.19. The molecule has 0 aliphatic heterocycles. The molecule has 0 atom stereocenters. The third kappa shape index (κ3) is 1.80. The average molecular weight is 241 g/mol. The van der Waals surface area contributed by atoms with Crippen LogP contribution >= 0.6 is 15.9 Å². The molecule has 1 heterocycles. The van der Waals surface area contributed by atoms with Crippen LogP contribution in [-0.4, -0.2) is 0 Å². The Bertz CT molecular complexity index is 422. The van der Waals surface area contributed by atoms with Crippen molar-refractivity contribution in [2.75, 3.05) is 0 Å². The number of halogens is 2. The van der Waals surface area contributed by atoms with Gasteiger partial charge in [0.25, 0.3) is 0 Å². The summed E-state index contributed by atoms with van der Waals surface area (Å²) < 4.78 is 18.5. The van der Waals surface area contributed by atoms with Crippen molar-refractivity contribution in [3.8, 4) is 11.1 Å². The normalized spacial score (nSPS) is 10.3. The first-order valence-corrected chi connectivity index (χ1v) is 4.55. The van der Waals surface area contributed by atoms with Crippen molar-refractivity contribution in [2.45, 2.75) is 0 Å². The smallest absolute Gasteiger partial charge is 0.169 e. The maximum Gasteiger partial charge on any atom is 0.169 e. The van der Waals surface area contributed by atoms with Gasteiger partial charge in [-0.1, -0.05) is 12.1 Å². The molecular formula is C10H6BrFO. The molecule has 0 N–H and O–H groups in total. The van der Waals surface area contributed by atoms with E-state index in [9.17, 15) is 4.39 Å². The summed E-state index contributed by atoms with van der Waals surface area (Å²) in [5.74, 6) is -0.241. The fourth-order valence-corrected chi connectivity index (χ4v) is 1.47. The highest BCUT2D eigenvalue weighted by Crippen LogP contribution is 2.25. The van der Waals surface area contributed by atoms with Gasteiger partial charge in [0, 0.05) is 5.56 Å². The Kier molecular flexibility index (Phi) is 2.19. The van der Waals surface area contributed by atoms with Gasteiger partial charge in [-0.2, -0.15) is 0 Å². The van der Waals surface area contributed by atoms with Gasteiger partial charge in [0.1, 0.15) is 5.82 Å². The summed E-state index contributed by atoms with van der Waals surface area (Å²) in [4.78, 5) is 0. The van der Waals surface area contributed by atoms with E-state index in [0.717, 1.165) is 11.1 Å². The summed E-state index contributed by atoms with van der Waals surface area (Å²) in [5.41, 5.74) is 1.68. The van der Waals surface area contributed by atoms with Crippen LogP contribution in [0.25, 0.3) is 11.1 Å². The topological polar surface area (TPSA) is 13.1 Å². The molecule has 2 rings (SSSR count). The molecule has 66 valence electrons. The second kappa shape index (κ2) is 3.34. The van der Waals surface area contributed by atoms with Gasteiger partial charge >= 0.3 is 0 Å². The van der Waals surface area contributed by atoms with Crippen molar-refractivity contribution >= 4 is 15.9 Å². The van der Waals surface area contributed by atoms with E-state index >= 15 is 0 Å². The number of benzene rings is 1. The van der Waals surface area contributed by atoms with E-state index in [4.69, 9.17) is 4.42 Å². The largest absolute Gasteiger partial charge is 0.457 e. The van der Waals surface area contributed by atoms with E-state index in [1.807, 2.05) is 6.07 Å². The third-order valence-electron chi connectivity index (χ3n) is 1.73. The zero-order chi connectivity index (χ0) is 9.26. The van der Waals surface area contributed by atoms with Crippen molar-refractivity contribution in [1.82, 2.24) is 0 Å². The molecule has 0 saturated carbocycles. The number of hydrogen-bond donors (Lipinski definition) is 0. The Balaban J connectivity index is 2.46. The second-order valence-corrected chi connectivity index (χ2v) is 3.43. The molecule has 0 fully saturated rings. The fourth-order valence-electron chi connectivity index (χ4n) is 1.13. The molecule has 1 aromatic carbocycles. The molecule has 0 aliphatic rings. The monoisotopic (exact) mass is 240 g/mol. The highest BCUT2D eigenvalue weighted by molar-refractivity contribution is 9.10. The summed E-state index contributed by atoms with van der Waals surface area (Å²) >= 11 is 3.19. The van der Waals surface area contributed by atoms with Crippen LogP contribution < -0.4 is 0 Å². The quantitative estimate of drug-likeness (QED) is 0.739. The molecule has 0 radical (unpaired) electrons. The Labute approximate surface area is 83.3 Å². The summed E-state index contributed by atoms with van der Waals surface area (Å²) in [6.45, 7) is 0. The SMILES string of the molecule is Fc1cccc(-c2coc(Br)c2)c1. The van der Waals surface area contributed by atoms with Crippen LogP contribution in [0.1, 0.15) is 0 Å². The van der Waals surface area contributed by atoms with Crippen LogP contribution in [0.4, 0.5) is 4.39 Å². The van der Waals surface area contributed by atoms with Gasteiger partial charge in [-0.25, -0.2) is 4.39 Å². The first kappa shape index (κ1) is 8.51. The zero-order valence-electron chi connectivity index (χ0n) is 6.63. The van der Waals surface area contributed by atoms with Crippen LogP contribution in [0.5, 0.6) is 0 Å². The van der Waals surface area contributed by atoms with Gasteiger partial charge in [0.2, 0.25) is 0 Å². The van der Waals surface area contributed by atoms with Gasteiger partial charge in [-0.15, -0.1) is 0 Å². The van der Waals surface area contributed by atoms with Crippen molar-refractivity contribution in [2.24, 2.45) is 0 Å². The molecule has 0 unspecified atom stereocenters. The van der Waals surface area contributed by atoms with E-state index in [1.165, 1.54) is 12.1 Å². The minimum absolute atomic E-state index is 0.241. The first-order valence-electron chi connectivity index (χ1n) is 3.76. The van der Waals surface area contributed by atoms with E-state index in [1.54, 1.807) is 18.4 Å². The lowest BCUT2D eigenvalue weighted by Gasteiger charge is -1.94. The van der Waals surface area contributed by atoms with E-state index in [2.05, 4.69) is 15.9 Å². The zero-order valence-corrected chi connectivity index (χ0v) is 8.21. The van der Waals surface area contributed by atoms with Crippen LogP contribution in [0.2, 0.25) is 0 Å². The van der Waals surface area contributed by atoms with Crippen LogP contribution in [0.15, 0.2) is 45.7 Å². The highest BCUT2D eigenvalue weighted by atomic mass is 79.9. The van der Waals surface area contributed by atoms with E-state index in [-0.39, 0.29) is 5.82 Å². The molecule has 0 aliphatic carbocycles. The van der Waals surface area contributed by atoms with E-state index in [0.29, 0.717) is 4.67 Å². The minimum Gasteiger partial charge on any atom is -0.457 e. The summed E-state index contributed by atoms with van der Waals surface area (Å²) in [6.07, 6.45) is 1.58. The molecule has 0 amide bonds. The molecule has 1 aromatic heterocycles. The molecule has 0 bridgehead atoms. The number of furan rings is 1. The van der Waals surface area contributed by atoms with Gasteiger partial charge in [0.05, 0.1) is 6.26 Å². The van der Waals surface area contributed by atoms with Crippen molar-refractivity contribution in [3.63, 3.8) is 0 Å². The van der Waals surface area contributed by atoms with E-state index < -0.39 is 0 Å². The Morgan fingerprint density at radius 2 is 2.00 bits per heavy atom. The van der Waals surface area contributed by atoms with Gasteiger partial charge in [-0.3, -0.25) is 0 Å². The third-order valence-corrected chi connectivity index (χ3v) is 2.14. The molecule has 13 heavy (non-hydrogen) atoms. The maximum atomic E-state index is 12.8. The predicted octanol–water partition coefficient (Wildman–Crippen LogP) is 3.85. The second-order valence-electron chi connectivity index (χ2n) is 2.65. The maximum absolute atomic E-state index is 12.8. The Morgan fingerprint density at radius 3 is 2.62 bits per heavy atom. The lowest BCUT2D eigenvalue weighted by molar-refractivity contribution is 0.542. The molecule has 0 saturated heterocycles. The Hall–Kier alpha value is -1.09. The van der Waals surface area contributed by atoms with Crippen LogP contribution in [0.3, 0.4) is 0 Å². The molecule has 0 spiro atoms. The van der Waals surface area contributed by atoms with Crippen molar-refractivity contribution < 1.29 is 8.81 Å². The Morgan fingerprint density at radius 1 is 1.15 bits per heavy atom. The van der Waals surface area contributed by atoms with Crippen LogP contribution in [-0.2, 0) is 0 Å². The van der Waals surface area contributed by atoms with Gasteiger partial charge in [0.15, 0.2) is 4.67 Å². The molecular weight excluding hydrogens is 235 g/mol. The predicted molar refractivity (Wildman–Crippen MR) is 51.8 cm³/mol. The number of hydrogen-bond acceptors (Lipinski definition) is 1. The average Bonchev–Trinajstić information content (AvgIpc) is 2.52. The summed E-state index contributed by atoms with van der Waals surface area (Å²) in [5, 5.41) is 0. The number of rotatable bonds is 1. The van der Waals surface area contributed by atoms with Crippen molar-refractivity contribution in [3.05, 3.63) is 47.1 Å².